The van der Waals surface area contributed by atoms with E-state index in [1.165, 1.54) is 0 Å². The van der Waals surface area contributed by atoms with Crippen molar-refractivity contribution >= 4 is 33.7 Å². The number of rotatable bonds is 10. The molecule has 0 spiro atoms. The number of nitrogens with one attached hydrogen (secondary N) is 2. The number of H-pyrrole nitrogens is 2. The average Bonchev–Trinajstić information content (AvgIpc) is 3.46. The van der Waals surface area contributed by atoms with Crippen LogP contribution in [-0.4, -0.2) is 73.0 Å². The lowest BCUT2D eigenvalue weighted by atomic mass is 9.73. The fraction of sp³-hybridized carbons (Fsp3) is 0.400. The minimum Gasteiger partial charge on any atom is -0.426 e. The van der Waals surface area contributed by atoms with Gasteiger partial charge in [0, 0.05) is 47.3 Å². The van der Waals surface area contributed by atoms with E-state index in [-0.39, 0.29) is 11.9 Å². The number of esters is 2. The van der Waals surface area contributed by atoms with E-state index in [1.807, 2.05) is 77.0 Å². The predicted octanol–water partition coefficient (Wildman–Crippen LogP) is 4.39. The molecule has 2 N–H and O–H groups in total. The molecule has 2 unspecified atom stereocenters. The van der Waals surface area contributed by atoms with Gasteiger partial charge in [0.1, 0.15) is 11.5 Å². The van der Waals surface area contributed by atoms with Crippen molar-refractivity contribution in [2.75, 3.05) is 41.3 Å². The number of aromatic amines is 2. The molecule has 2 aromatic heterocycles. The molecule has 200 valence electrons. The maximum Gasteiger partial charge on any atom is 0.315 e. The van der Waals surface area contributed by atoms with Crippen molar-refractivity contribution in [3.63, 3.8) is 0 Å². The lowest BCUT2D eigenvalue weighted by Crippen LogP contribution is -2.42. The summed E-state index contributed by atoms with van der Waals surface area (Å²) in [6.45, 7) is 1.77. The van der Waals surface area contributed by atoms with Gasteiger partial charge >= 0.3 is 11.9 Å². The Morgan fingerprint density at radius 3 is 1.53 bits per heavy atom. The molecule has 2 atom stereocenters. The molecule has 38 heavy (non-hydrogen) atoms. The first kappa shape index (κ1) is 26.0. The van der Waals surface area contributed by atoms with Gasteiger partial charge in [0.2, 0.25) is 0 Å². The highest BCUT2D eigenvalue weighted by molar-refractivity contribution is 5.94. The molecule has 5 rings (SSSR count). The van der Waals surface area contributed by atoms with Crippen molar-refractivity contribution in [3.8, 4) is 11.5 Å². The van der Waals surface area contributed by atoms with Gasteiger partial charge in [-0.25, -0.2) is 0 Å². The summed E-state index contributed by atoms with van der Waals surface area (Å²) in [6, 6.07) is 11.3. The summed E-state index contributed by atoms with van der Waals surface area (Å²) in [5.41, 5.74) is 4.06. The molecule has 8 heteroatoms. The highest BCUT2D eigenvalue weighted by Crippen LogP contribution is 2.39. The van der Waals surface area contributed by atoms with Crippen LogP contribution in [0, 0.1) is 11.8 Å². The van der Waals surface area contributed by atoms with E-state index in [2.05, 4.69) is 19.8 Å². The number of nitrogens with zero attached hydrogens (tertiary/aromatic N) is 2. The molecular weight excluding hydrogens is 480 g/mol. The van der Waals surface area contributed by atoms with Crippen LogP contribution in [-0.2, 0) is 22.4 Å². The first-order valence-electron chi connectivity index (χ1n) is 13.2. The van der Waals surface area contributed by atoms with E-state index in [0.717, 1.165) is 58.9 Å². The SMILES string of the molecule is CN(C)CCc1c[nH]c2cccc(OC(=O)C3CCC3C(=O)Oc3cccc4[nH]cc(CCN(C)C)c34)c12. The largest absolute Gasteiger partial charge is 0.426 e. The number of ether oxygens (including phenoxy) is 2. The molecule has 0 aliphatic heterocycles. The quantitative estimate of drug-likeness (QED) is 0.240. The summed E-state index contributed by atoms with van der Waals surface area (Å²) in [5.74, 6) is -0.719. The van der Waals surface area contributed by atoms with Gasteiger partial charge in [-0.2, -0.15) is 0 Å². The summed E-state index contributed by atoms with van der Waals surface area (Å²) in [4.78, 5) is 37.2. The Morgan fingerprint density at radius 1 is 0.737 bits per heavy atom. The minimum absolute atomic E-state index is 0.378. The van der Waals surface area contributed by atoms with Gasteiger partial charge in [0.25, 0.3) is 0 Å². The lowest BCUT2D eigenvalue weighted by Gasteiger charge is -2.32. The van der Waals surface area contributed by atoms with Crippen LogP contribution < -0.4 is 9.47 Å². The maximum atomic E-state index is 13.2. The molecule has 0 bridgehead atoms. The van der Waals surface area contributed by atoms with Crippen LogP contribution in [0.15, 0.2) is 48.8 Å². The van der Waals surface area contributed by atoms with Gasteiger partial charge in [0.05, 0.1) is 11.8 Å². The van der Waals surface area contributed by atoms with Crippen molar-refractivity contribution < 1.29 is 19.1 Å². The Kier molecular flexibility index (Phi) is 7.53. The number of aromatic nitrogens is 2. The second kappa shape index (κ2) is 11.0. The van der Waals surface area contributed by atoms with Crippen molar-refractivity contribution in [1.82, 2.24) is 19.8 Å². The standard InChI is InChI=1S/C30H36N4O4/c1-33(2)15-13-19-17-31-23-7-5-9-25(27(19)23)37-29(35)21-11-12-22(21)30(36)38-26-10-6-8-24-28(26)20(18-32-24)14-16-34(3)4/h5-10,17-18,21-22,31-32H,11-16H2,1-4H3. The number of hydrogen-bond donors (Lipinski definition) is 2. The first-order valence-corrected chi connectivity index (χ1v) is 13.2. The minimum atomic E-state index is -0.513. The number of carbonyl (C=O) groups is 2. The van der Waals surface area contributed by atoms with Crippen LogP contribution in [0.25, 0.3) is 21.8 Å². The molecule has 1 aliphatic rings. The van der Waals surface area contributed by atoms with Crippen LogP contribution in [0.5, 0.6) is 11.5 Å². The first-order chi connectivity index (χ1) is 18.3. The van der Waals surface area contributed by atoms with Crippen molar-refractivity contribution in [2.24, 2.45) is 11.8 Å². The highest BCUT2D eigenvalue weighted by atomic mass is 16.5. The van der Waals surface area contributed by atoms with E-state index in [4.69, 9.17) is 9.47 Å². The molecule has 0 saturated heterocycles. The molecule has 2 heterocycles. The number of benzene rings is 2. The molecule has 4 aromatic rings. The summed E-state index contributed by atoms with van der Waals surface area (Å²) < 4.78 is 11.8. The van der Waals surface area contributed by atoms with Crippen LogP contribution in [0.3, 0.4) is 0 Å². The third-order valence-electron chi connectivity index (χ3n) is 7.46. The van der Waals surface area contributed by atoms with Crippen LogP contribution in [0.1, 0.15) is 24.0 Å². The number of carbonyl (C=O) groups excluding carboxylic acids is 2. The molecular formula is C30H36N4O4. The van der Waals surface area contributed by atoms with Crippen molar-refractivity contribution in [2.45, 2.75) is 25.7 Å². The summed E-state index contributed by atoms with van der Waals surface area (Å²) in [6.07, 6.45) is 6.84. The summed E-state index contributed by atoms with van der Waals surface area (Å²) in [5, 5.41) is 1.84. The van der Waals surface area contributed by atoms with E-state index in [0.29, 0.717) is 24.3 Å². The Bertz CT molecular complexity index is 1340. The second-order valence-electron chi connectivity index (χ2n) is 10.7. The molecule has 1 saturated carbocycles. The van der Waals surface area contributed by atoms with E-state index in [1.54, 1.807) is 0 Å². The summed E-state index contributed by atoms with van der Waals surface area (Å²) in [7, 11) is 8.14. The van der Waals surface area contributed by atoms with Gasteiger partial charge in [-0.3, -0.25) is 9.59 Å². The number of hydrogen-bond acceptors (Lipinski definition) is 6. The Labute approximate surface area is 222 Å². The molecule has 2 aromatic carbocycles. The fourth-order valence-corrected chi connectivity index (χ4v) is 5.12. The molecule has 0 radical (unpaired) electrons. The summed E-state index contributed by atoms with van der Waals surface area (Å²) >= 11 is 0. The van der Waals surface area contributed by atoms with E-state index < -0.39 is 11.8 Å². The van der Waals surface area contributed by atoms with Gasteiger partial charge < -0.3 is 29.2 Å². The van der Waals surface area contributed by atoms with Crippen LogP contribution in [0.2, 0.25) is 0 Å². The monoisotopic (exact) mass is 516 g/mol. The smallest absolute Gasteiger partial charge is 0.315 e. The van der Waals surface area contributed by atoms with Crippen molar-refractivity contribution in [1.29, 1.82) is 0 Å². The topological polar surface area (TPSA) is 90.7 Å². The third kappa shape index (κ3) is 5.33. The fourth-order valence-electron chi connectivity index (χ4n) is 5.12. The zero-order valence-electron chi connectivity index (χ0n) is 22.5. The molecule has 1 aliphatic carbocycles. The normalized spacial score (nSPS) is 17.3. The third-order valence-corrected chi connectivity index (χ3v) is 7.46. The average molecular weight is 517 g/mol. The van der Waals surface area contributed by atoms with Gasteiger partial charge in [-0.15, -0.1) is 0 Å². The maximum absolute atomic E-state index is 13.2. The van der Waals surface area contributed by atoms with Crippen LogP contribution in [0.4, 0.5) is 0 Å². The molecule has 0 amide bonds. The van der Waals surface area contributed by atoms with Gasteiger partial charge in [0.15, 0.2) is 0 Å². The van der Waals surface area contributed by atoms with E-state index >= 15 is 0 Å². The van der Waals surface area contributed by atoms with Crippen molar-refractivity contribution in [3.05, 3.63) is 59.9 Å². The highest BCUT2D eigenvalue weighted by Gasteiger charge is 2.44. The zero-order valence-corrected chi connectivity index (χ0v) is 22.5. The molecule has 1 fully saturated rings. The van der Waals surface area contributed by atoms with Gasteiger partial charge in [-0.1, -0.05) is 12.1 Å². The number of likely N-dealkylation sites (N-methyl/N-ethyl adjacent to an activating group) is 2. The Balaban J connectivity index is 1.30. The Morgan fingerprint density at radius 2 is 1.16 bits per heavy atom. The van der Waals surface area contributed by atoms with Gasteiger partial charge in [-0.05, 0) is 89.3 Å². The second-order valence-corrected chi connectivity index (χ2v) is 10.7. The Hall–Kier alpha value is -3.62. The molecule has 8 nitrogen and oxygen atoms in total. The number of fused-ring (bicyclic) bond motifs is 2. The predicted molar refractivity (Wildman–Crippen MR) is 149 cm³/mol. The van der Waals surface area contributed by atoms with Crippen LogP contribution >= 0.6 is 0 Å². The zero-order chi connectivity index (χ0) is 26.8. The van der Waals surface area contributed by atoms with E-state index in [9.17, 15) is 9.59 Å². The lowest BCUT2D eigenvalue weighted by molar-refractivity contribution is -0.156.